The summed E-state index contributed by atoms with van der Waals surface area (Å²) in [5.41, 5.74) is 0. The normalized spacial score (nSPS) is 21.4. The maximum atomic E-state index is 5.84. The molecule has 102 valence electrons. The predicted octanol–water partition coefficient (Wildman–Crippen LogP) is 3.75. The summed E-state index contributed by atoms with van der Waals surface area (Å²) in [4.78, 5) is 0. The van der Waals surface area contributed by atoms with Crippen LogP contribution in [0, 0.1) is 5.92 Å². The summed E-state index contributed by atoms with van der Waals surface area (Å²) in [6.07, 6.45) is 11.2. The van der Waals surface area contributed by atoms with Crippen LogP contribution >= 0.6 is 0 Å². The largest absolute Gasteiger partial charge is 0.380 e. The van der Waals surface area contributed by atoms with Gasteiger partial charge >= 0.3 is 0 Å². The molecule has 17 heavy (non-hydrogen) atoms. The van der Waals surface area contributed by atoms with E-state index in [0.29, 0.717) is 12.1 Å². The van der Waals surface area contributed by atoms with Crippen LogP contribution in [0.5, 0.6) is 0 Å². The lowest BCUT2D eigenvalue weighted by molar-refractivity contribution is 0.00600. The fourth-order valence-electron chi connectivity index (χ4n) is 3.22. The van der Waals surface area contributed by atoms with Gasteiger partial charge < -0.3 is 10.1 Å². The maximum absolute atomic E-state index is 5.84. The fourth-order valence-corrected chi connectivity index (χ4v) is 3.22. The van der Waals surface area contributed by atoms with E-state index in [1.54, 1.807) is 0 Å². The van der Waals surface area contributed by atoms with Gasteiger partial charge in [-0.25, -0.2) is 0 Å². The Balaban J connectivity index is 2.51. The van der Waals surface area contributed by atoms with Crippen LogP contribution in [0.2, 0.25) is 0 Å². The Morgan fingerprint density at radius 2 is 1.88 bits per heavy atom. The quantitative estimate of drug-likeness (QED) is 0.699. The molecule has 2 unspecified atom stereocenters. The number of nitrogens with one attached hydrogen (secondary N) is 1. The van der Waals surface area contributed by atoms with Gasteiger partial charge in [0.2, 0.25) is 0 Å². The number of unbranched alkanes of at least 4 members (excludes halogenated alkanes) is 1. The predicted molar refractivity (Wildman–Crippen MR) is 74.4 cm³/mol. The molecule has 0 saturated heterocycles. The first-order valence-electron chi connectivity index (χ1n) is 7.59. The number of methoxy groups -OCH3 is 1. The molecule has 1 aliphatic rings. The van der Waals surface area contributed by atoms with E-state index in [1.165, 1.54) is 51.4 Å². The summed E-state index contributed by atoms with van der Waals surface area (Å²) < 4.78 is 5.84. The van der Waals surface area contributed by atoms with Crippen molar-refractivity contribution in [2.75, 3.05) is 13.7 Å². The second-order valence-corrected chi connectivity index (χ2v) is 5.40. The van der Waals surface area contributed by atoms with Gasteiger partial charge in [0.1, 0.15) is 0 Å². The van der Waals surface area contributed by atoms with Gasteiger partial charge in [-0.05, 0) is 31.7 Å². The molecule has 0 amide bonds. The van der Waals surface area contributed by atoms with Gasteiger partial charge in [0.25, 0.3) is 0 Å². The molecule has 0 bridgehead atoms. The van der Waals surface area contributed by atoms with Crippen LogP contribution in [0.3, 0.4) is 0 Å². The van der Waals surface area contributed by atoms with E-state index in [2.05, 4.69) is 19.2 Å². The Hall–Kier alpha value is -0.0800. The van der Waals surface area contributed by atoms with E-state index in [1.807, 2.05) is 7.11 Å². The van der Waals surface area contributed by atoms with Gasteiger partial charge in [0.15, 0.2) is 0 Å². The molecule has 0 spiro atoms. The highest BCUT2D eigenvalue weighted by Crippen LogP contribution is 2.30. The molecule has 0 aromatic carbocycles. The molecule has 0 aromatic rings. The lowest BCUT2D eigenvalue weighted by Crippen LogP contribution is -2.45. The summed E-state index contributed by atoms with van der Waals surface area (Å²) in [6, 6.07) is 0.563. The van der Waals surface area contributed by atoms with Crippen molar-refractivity contribution in [2.45, 2.75) is 77.4 Å². The molecule has 1 rings (SSSR count). The van der Waals surface area contributed by atoms with Crippen LogP contribution in [-0.4, -0.2) is 25.8 Å². The Kier molecular flexibility index (Phi) is 7.87. The molecule has 2 heteroatoms. The lowest BCUT2D eigenvalue weighted by atomic mass is 9.81. The van der Waals surface area contributed by atoms with E-state index >= 15 is 0 Å². The Labute approximate surface area is 108 Å². The van der Waals surface area contributed by atoms with E-state index < -0.39 is 0 Å². The minimum Gasteiger partial charge on any atom is -0.380 e. The molecule has 2 nitrogen and oxygen atoms in total. The number of likely N-dealkylation sites (N-methyl/N-ethyl adjacent to an activating group) is 1. The van der Waals surface area contributed by atoms with Crippen LogP contribution in [0.25, 0.3) is 0 Å². The van der Waals surface area contributed by atoms with Crippen LogP contribution in [-0.2, 0) is 4.74 Å². The van der Waals surface area contributed by atoms with Gasteiger partial charge in [-0.2, -0.15) is 0 Å². The molecule has 1 aliphatic carbocycles. The van der Waals surface area contributed by atoms with E-state index in [-0.39, 0.29) is 0 Å². The van der Waals surface area contributed by atoms with Crippen LogP contribution in [0.15, 0.2) is 0 Å². The summed E-state index contributed by atoms with van der Waals surface area (Å²) in [5.74, 6) is 0.787. The SMILES string of the molecule is CCCCC(NCC)C(OC)C1CCCCC1. The Bertz CT molecular complexity index is 178. The van der Waals surface area contributed by atoms with Gasteiger partial charge in [-0.3, -0.25) is 0 Å². The third-order valence-electron chi connectivity index (χ3n) is 4.12. The van der Waals surface area contributed by atoms with Gasteiger partial charge in [-0.15, -0.1) is 0 Å². The summed E-state index contributed by atoms with van der Waals surface area (Å²) in [7, 11) is 1.90. The monoisotopic (exact) mass is 241 g/mol. The van der Waals surface area contributed by atoms with Crippen LogP contribution in [0.4, 0.5) is 0 Å². The summed E-state index contributed by atoms with van der Waals surface area (Å²) >= 11 is 0. The van der Waals surface area contributed by atoms with Gasteiger partial charge in [0, 0.05) is 13.2 Å². The maximum Gasteiger partial charge on any atom is 0.0752 e. The van der Waals surface area contributed by atoms with Crippen molar-refractivity contribution in [3.63, 3.8) is 0 Å². The first-order chi connectivity index (χ1) is 8.33. The molecule has 1 saturated carbocycles. The second-order valence-electron chi connectivity index (χ2n) is 5.40. The van der Waals surface area contributed by atoms with Crippen molar-refractivity contribution in [2.24, 2.45) is 5.92 Å². The highest BCUT2D eigenvalue weighted by Gasteiger charge is 2.29. The summed E-state index contributed by atoms with van der Waals surface area (Å²) in [5, 5.41) is 3.64. The first-order valence-corrected chi connectivity index (χ1v) is 7.59. The van der Waals surface area contributed by atoms with Gasteiger partial charge in [0.05, 0.1) is 6.10 Å². The van der Waals surface area contributed by atoms with E-state index in [4.69, 9.17) is 4.74 Å². The average Bonchev–Trinajstić information content (AvgIpc) is 2.38. The zero-order chi connectivity index (χ0) is 12.5. The van der Waals surface area contributed by atoms with E-state index in [0.717, 1.165) is 12.5 Å². The molecule has 0 aromatic heterocycles. The standard InChI is InChI=1S/C15H31NO/c1-4-6-12-14(16-5-2)15(17-3)13-10-8-7-9-11-13/h13-16H,4-12H2,1-3H3. The third kappa shape index (κ3) is 4.97. The molecule has 0 heterocycles. The number of ether oxygens (including phenoxy) is 1. The van der Waals surface area contributed by atoms with Gasteiger partial charge in [-0.1, -0.05) is 46.0 Å². The van der Waals surface area contributed by atoms with Crippen molar-refractivity contribution in [3.05, 3.63) is 0 Å². The fraction of sp³-hybridized carbons (Fsp3) is 1.00. The molecule has 2 atom stereocenters. The highest BCUT2D eigenvalue weighted by atomic mass is 16.5. The highest BCUT2D eigenvalue weighted by molar-refractivity contribution is 4.84. The van der Waals surface area contributed by atoms with Crippen molar-refractivity contribution < 1.29 is 4.74 Å². The second kappa shape index (κ2) is 8.93. The van der Waals surface area contributed by atoms with Crippen molar-refractivity contribution >= 4 is 0 Å². The third-order valence-corrected chi connectivity index (χ3v) is 4.12. The minimum atomic E-state index is 0.432. The zero-order valence-corrected chi connectivity index (χ0v) is 12.0. The molecular weight excluding hydrogens is 210 g/mol. The van der Waals surface area contributed by atoms with Crippen molar-refractivity contribution in [1.82, 2.24) is 5.32 Å². The molecular formula is C15H31NO. The molecule has 1 fully saturated rings. The lowest BCUT2D eigenvalue weighted by Gasteiger charge is -2.35. The number of rotatable bonds is 8. The van der Waals surface area contributed by atoms with E-state index in [9.17, 15) is 0 Å². The van der Waals surface area contributed by atoms with Crippen molar-refractivity contribution in [3.8, 4) is 0 Å². The minimum absolute atomic E-state index is 0.432. The van der Waals surface area contributed by atoms with Crippen LogP contribution in [0.1, 0.15) is 65.2 Å². The average molecular weight is 241 g/mol. The number of hydrogen-bond acceptors (Lipinski definition) is 2. The smallest absolute Gasteiger partial charge is 0.0752 e. The molecule has 0 aliphatic heterocycles. The first kappa shape index (κ1) is 15.0. The van der Waals surface area contributed by atoms with Crippen molar-refractivity contribution in [1.29, 1.82) is 0 Å². The van der Waals surface area contributed by atoms with Crippen LogP contribution < -0.4 is 5.32 Å². The topological polar surface area (TPSA) is 21.3 Å². The summed E-state index contributed by atoms with van der Waals surface area (Å²) in [6.45, 7) is 5.53. The molecule has 1 N–H and O–H groups in total. The molecule has 0 radical (unpaired) electrons. The Morgan fingerprint density at radius 1 is 1.18 bits per heavy atom. The number of hydrogen-bond donors (Lipinski definition) is 1. The Morgan fingerprint density at radius 3 is 2.41 bits per heavy atom. The zero-order valence-electron chi connectivity index (χ0n) is 12.0.